The third kappa shape index (κ3) is 6.24. The van der Waals surface area contributed by atoms with Gasteiger partial charge in [0.15, 0.2) is 6.61 Å². The zero-order valence-electron chi connectivity index (χ0n) is 15.0. The van der Waals surface area contributed by atoms with E-state index in [1.807, 2.05) is 0 Å². The molecule has 1 atom stereocenters. The summed E-state index contributed by atoms with van der Waals surface area (Å²) in [4.78, 5) is 35.2. The molecule has 0 aromatic heterocycles. The number of primary amides is 1. The summed E-state index contributed by atoms with van der Waals surface area (Å²) in [5, 5.41) is 5.18. The molecule has 7 nitrogen and oxygen atoms in total. The summed E-state index contributed by atoms with van der Waals surface area (Å²) in [6.07, 6.45) is -0.279. The first-order valence-electron chi connectivity index (χ1n) is 8.28. The van der Waals surface area contributed by atoms with Gasteiger partial charge in [0.2, 0.25) is 0 Å². The predicted octanol–water partition coefficient (Wildman–Crippen LogP) is 3.07. The highest BCUT2D eigenvalue weighted by Gasteiger charge is 2.21. The molecule has 148 valence electrons. The maximum absolute atomic E-state index is 13.5. The van der Waals surface area contributed by atoms with Crippen molar-refractivity contribution in [3.8, 4) is 0 Å². The van der Waals surface area contributed by atoms with Gasteiger partial charge in [-0.3, -0.25) is 9.59 Å². The summed E-state index contributed by atoms with van der Waals surface area (Å²) >= 11 is 6.09. The fourth-order valence-corrected chi connectivity index (χ4v) is 2.67. The Morgan fingerprint density at radius 3 is 2.57 bits per heavy atom. The number of carbonyl (C=O) groups excluding carboxylic acids is 3. The smallest absolute Gasteiger partial charge is 0.312 e. The topological polar surface area (TPSA) is 111 Å². The van der Waals surface area contributed by atoms with Gasteiger partial charge in [-0.1, -0.05) is 35.9 Å². The molecule has 4 N–H and O–H groups in total. The second kappa shape index (κ2) is 9.70. The molecule has 0 bridgehead atoms. The van der Waals surface area contributed by atoms with Crippen LogP contribution in [0.25, 0.3) is 0 Å². The van der Waals surface area contributed by atoms with Crippen LogP contribution in [0.5, 0.6) is 0 Å². The van der Waals surface area contributed by atoms with E-state index < -0.39 is 36.4 Å². The zero-order chi connectivity index (χ0) is 20.7. The molecule has 0 unspecified atom stereocenters. The number of hydrogen-bond donors (Lipinski definition) is 3. The van der Waals surface area contributed by atoms with Crippen LogP contribution in [0.2, 0.25) is 5.02 Å². The van der Waals surface area contributed by atoms with E-state index in [1.165, 1.54) is 18.2 Å². The Morgan fingerprint density at radius 1 is 1.21 bits per heavy atom. The van der Waals surface area contributed by atoms with Crippen molar-refractivity contribution < 1.29 is 23.5 Å². The number of urea groups is 1. The van der Waals surface area contributed by atoms with Gasteiger partial charge < -0.3 is 21.1 Å². The molecule has 2 aromatic rings. The van der Waals surface area contributed by atoms with Crippen LogP contribution in [-0.4, -0.2) is 24.5 Å². The van der Waals surface area contributed by atoms with Crippen molar-refractivity contribution in [3.63, 3.8) is 0 Å². The number of halogens is 2. The zero-order valence-corrected chi connectivity index (χ0v) is 15.8. The second-order valence-corrected chi connectivity index (χ2v) is 6.37. The van der Waals surface area contributed by atoms with Crippen molar-refractivity contribution in [1.82, 2.24) is 5.32 Å². The standard InChI is InChI=1S/C19H19ClFN3O4/c1-11-6-7-12(8-15(11)21)23-17(25)10-28-18(26)9-16(24-19(22)27)13-4-2-3-5-14(13)20/h2-8,16H,9-10H2,1H3,(H,23,25)(H3,22,24,27)/t16-/m0/s1. The van der Waals surface area contributed by atoms with Crippen LogP contribution >= 0.6 is 11.6 Å². The molecule has 9 heteroatoms. The van der Waals surface area contributed by atoms with E-state index in [9.17, 15) is 18.8 Å². The summed E-state index contributed by atoms with van der Waals surface area (Å²) in [7, 11) is 0. The lowest BCUT2D eigenvalue weighted by Gasteiger charge is -2.18. The molecule has 0 aliphatic heterocycles. The Bertz CT molecular complexity index is 891. The number of aryl methyl sites for hydroxylation is 1. The van der Waals surface area contributed by atoms with Crippen LogP contribution in [0.3, 0.4) is 0 Å². The molecule has 0 fully saturated rings. The summed E-state index contributed by atoms with van der Waals surface area (Å²) in [6, 6.07) is 9.19. The Balaban J connectivity index is 1.93. The molecule has 0 radical (unpaired) electrons. The molecule has 0 saturated carbocycles. The largest absolute Gasteiger partial charge is 0.455 e. The number of hydrogen-bond acceptors (Lipinski definition) is 4. The first-order valence-corrected chi connectivity index (χ1v) is 8.66. The third-order valence-electron chi connectivity index (χ3n) is 3.79. The molecular formula is C19H19ClFN3O4. The SMILES string of the molecule is Cc1ccc(NC(=O)COC(=O)C[C@H](NC(N)=O)c2ccccc2Cl)cc1F. The van der Waals surface area contributed by atoms with Gasteiger partial charge in [0.25, 0.3) is 5.91 Å². The Kier molecular flexibility index (Phi) is 7.34. The van der Waals surface area contributed by atoms with Gasteiger partial charge in [-0.2, -0.15) is 0 Å². The average Bonchev–Trinajstić information content (AvgIpc) is 2.62. The first kappa shape index (κ1) is 21.2. The van der Waals surface area contributed by atoms with Gasteiger partial charge in [-0.25, -0.2) is 9.18 Å². The Labute approximate surface area is 166 Å². The monoisotopic (exact) mass is 407 g/mol. The van der Waals surface area contributed by atoms with Crippen molar-refractivity contribution in [3.05, 3.63) is 64.4 Å². The maximum Gasteiger partial charge on any atom is 0.312 e. The molecule has 2 rings (SSSR count). The van der Waals surface area contributed by atoms with Gasteiger partial charge in [0.05, 0.1) is 12.5 Å². The number of anilines is 1. The van der Waals surface area contributed by atoms with Crippen LogP contribution < -0.4 is 16.4 Å². The van der Waals surface area contributed by atoms with Crippen molar-refractivity contribution >= 4 is 35.2 Å². The summed E-state index contributed by atoms with van der Waals surface area (Å²) in [5.41, 5.74) is 6.32. The van der Waals surface area contributed by atoms with Crippen molar-refractivity contribution in [2.24, 2.45) is 5.73 Å². The van der Waals surface area contributed by atoms with Gasteiger partial charge in [0, 0.05) is 10.7 Å². The van der Waals surface area contributed by atoms with Crippen LogP contribution in [0, 0.1) is 12.7 Å². The van der Waals surface area contributed by atoms with Gasteiger partial charge in [-0.05, 0) is 36.2 Å². The van der Waals surface area contributed by atoms with Crippen LogP contribution in [0.1, 0.15) is 23.6 Å². The highest BCUT2D eigenvalue weighted by Crippen LogP contribution is 2.25. The van der Waals surface area contributed by atoms with E-state index >= 15 is 0 Å². The van der Waals surface area contributed by atoms with E-state index in [-0.39, 0.29) is 12.1 Å². The van der Waals surface area contributed by atoms with Crippen molar-refractivity contribution in [1.29, 1.82) is 0 Å². The van der Waals surface area contributed by atoms with Gasteiger partial charge >= 0.3 is 12.0 Å². The van der Waals surface area contributed by atoms with E-state index in [0.29, 0.717) is 16.1 Å². The minimum atomic E-state index is -0.836. The predicted molar refractivity (Wildman–Crippen MR) is 102 cm³/mol. The molecule has 28 heavy (non-hydrogen) atoms. The van der Waals surface area contributed by atoms with E-state index in [2.05, 4.69) is 10.6 Å². The molecule has 2 aromatic carbocycles. The number of ether oxygens (including phenoxy) is 1. The highest BCUT2D eigenvalue weighted by molar-refractivity contribution is 6.31. The second-order valence-electron chi connectivity index (χ2n) is 5.96. The molecule has 0 aliphatic rings. The maximum atomic E-state index is 13.5. The van der Waals surface area contributed by atoms with Crippen LogP contribution in [0.4, 0.5) is 14.9 Å². The molecule has 0 aliphatic carbocycles. The molecule has 0 saturated heterocycles. The lowest BCUT2D eigenvalue weighted by Crippen LogP contribution is -2.35. The minimum absolute atomic E-state index is 0.244. The van der Waals surface area contributed by atoms with Crippen molar-refractivity contribution in [2.45, 2.75) is 19.4 Å². The number of amides is 3. The molecule has 0 heterocycles. The minimum Gasteiger partial charge on any atom is -0.455 e. The summed E-state index contributed by atoms with van der Waals surface area (Å²) in [5.74, 6) is -1.84. The van der Waals surface area contributed by atoms with Gasteiger partial charge in [-0.15, -0.1) is 0 Å². The van der Waals surface area contributed by atoms with E-state index in [0.717, 1.165) is 0 Å². The van der Waals surface area contributed by atoms with E-state index in [4.69, 9.17) is 22.1 Å². The number of nitrogens with two attached hydrogens (primary N) is 1. The summed E-state index contributed by atoms with van der Waals surface area (Å²) in [6.45, 7) is 1.03. The molecule has 3 amide bonds. The normalized spacial score (nSPS) is 11.4. The molecular weight excluding hydrogens is 389 g/mol. The fraction of sp³-hybridized carbons (Fsp3) is 0.211. The fourth-order valence-electron chi connectivity index (χ4n) is 2.41. The average molecular weight is 408 g/mol. The van der Waals surface area contributed by atoms with Crippen molar-refractivity contribution in [2.75, 3.05) is 11.9 Å². The van der Waals surface area contributed by atoms with E-state index in [1.54, 1.807) is 31.2 Å². The number of esters is 1. The number of carbonyl (C=O) groups is 3. The number of rotatable bonds is 7. The number of benzene rings is 2. The summed E-state index contributed by atoms with van der Waals surface area (Å²) < 4.78 is 18.4. The Morgan fingerprint density at radius 2 is 1.93 bits per heavy atom. The van der Waals surface area contributed by atoms with Gasteiger partial charge in [0.1, 0.15) is 5.82 Å². The number of nitrogens with one attached hydrogen (secondary N) is 2. The quantitative estimate of drug-likeness (QED) is 0.612. The first-order chi connectivity index (χ1) is 13.3. The van der Waals surface area contributed by atoms with Crippen LogP contribution in [0.15, 0.2) is 42.5 Å². The lowest BCUT2D eigenvalue weighted by atomic mass is 10.0. The van der Waals surface area contributed by atoms with Crippen LogP contribution in [-0.2, 0) is 14.3 Å². The third-order valence-corrected chi connectivity index (χ3v) is 4.13. The lowest BCUT2D eigenvalue weighted by molar-refractivity contribution is -0.147. The molecule has 0 spiro atoms. The highest BCUT2D eigenvalue weighted by atomic mass is 35.5. The Hall–Kier alpha value is -3.13.